The second kappa shape index (κ2) is 8.73. The third-order valence-corrected chi connectivity index (χ3v) is 3.64. The molecule has 0 bridgehead atoms. The van der Waals surface area contributed by atoms with Crippen molar-refractivity contribution in [1.29, 1.82) is 0 Å². The Morgan fingerprint density at radius 2 is 1.64 bits per heavy atom. The Hall–Kier alpha value is -3.02. The predicted octanol–water partition coefficient (Wildman–Crippen LogP) is 2.27. The summed E-state index contributed by atoms with van der Waals surface area (Å²) < 4.78 is 10.6. The van der Waals surface area contributed by atoms with Crippen molar-refractivity contribution < 1.29 is 24.2 Å². The smallest absolute Gasteiger partial charge is 0.326 e. The molecule has 0 spiro atoms. The summed E-state index contributed by atoms with van der Waals surface area (Å²) in [6, 6.07) is 14.9. The van der Waals surface area contributed by atoms with Gasteiger partial charge in [-0.15, -0.1) is 0 Å². The number of aliphatic carboxylic acids is 1. The molecule has 0 fully saturated rings. The van der Waals surface area contributed by atoms with Gasteiger partial charge in [-0.25, -0.2) is 4.79 Å². The maximum Gasteiger partial charge on any atom is 0.326 e. The topological polar surface area (TPSA) is 84.9 Å². The normalized spacial score (nSPS) is 12.7. The maximum absolute atomic E-state index is 12.3. The van der Waals surface area contributed by atoms with Crippen LogP contribution >= 0.6 is 0 Å². The number of hydrogen-bond acceptors (Lipinski definition) is 4. The summed E-state index contributed by atoms with van der Waals surface area (Å²) in [4.78, 5) is 23.7. The third kappa shape index (κ3) is 5.53. The minimum absolute atomic E-state index is 0.206. The van der Waals surface area contributed by atoms with Crippen molar-refractivity contribution in [3.05, 3.63) is 60.2 Å². The molecule has 25 heavy (non-hydrogen) atoms. The van der Waals surface area contributed by atoms with Gasteiger partial charge < -0.3 is 19.9 Å². The molecular weight excluding hydrogens is 322 g/mol. The lowest BCUT2D eigenvalue weighted by Crippen LogP contribution is -2.47. The summed E-state index contributed by atoms with van der Waals surface area (Å²) in [7, 11) is 1.56. The van der Waals surface area contributed by atoms with E-state index in [1.165, 1.54) is 0 Å². The number of amides is 1. The molecular formula is C19H21NO5. The zero-order valence-corrected chi connectivity index (χ0v) is 14.1. The summed E-state index contributed by atoms with van der Waals surface area (Å²) in [5.74, 6) is -0.398. The number of methoxy groups -OCH3 is 1. The highest BCUT2D eigenvalue weighted by Crippen LogP contribution is 2.18. The Balaban J connectivity index is 1.95. The fraction of sp³-hybridized carbons (Fsp3) is 0.263. The van der Waals surface area contributed by atoms with E-state index in [4.69, 9.17) is 9.47 Å². The molecule has 132 valence electrons. The van der Waals surface area contributed by atoms with Crippen molar-refractivity contribution in [2.45, 2.75) is 25.5 Å². The molecule has 0 saturated carbocycles. The number of carboxylic acid groups (broad SMARTS) is 1. The highest BCUT2D eigenvalue weighted by atomic mass is 16.5. The molecule has 0 aliphatic rings. The van der Waals surface area contributed by atoms with Crippen LogP contribution in [0.3, 0.4) is 0 Å². The van der Waals surface area contributed by atoms with Crippen molar-refractivity contribution in [3.63, 3.8) is 0 Å². The quantitative estimate of drug-likeness (QED) is 0.768. The van der Waals surface area contributed by atoms with E-state index in [2.05, 4.69) is 5.32 Å². The first-order valence-electron chi connectivity index (χ1n) is 7.87. The lowest BCUT2D eigenvalue weighted by molar-refractivity contribution is -0.142. The fourth-order valence-electron chi connectivity index (χ4n) is 2.25. The van der Waals surface area contributed by atoms with Crippen LogP contribution in [0.15, 0.2) is 54.6 Å². The first-order chi connectivity index (χ1) is 12.0. The van der Waals surface area contributed by atoms with Crippen LogP contribution in [-0.4, -0.2) is 36.2 Å². The van der Waals surface area contributed by atoms with Gasteiger partial charge in [0.1, 0.15) is 17.5 Å². The lowest BCUT2D eigenvalue weighted by atomic mass is 10.1. The van der Waals surface area contributed by atoms with Gasteiger partial charge in [-0.1, -0.05) is 30.3 Å². The third-order valence-electron chi connectivity index (χ3n) is 3.64. The van der Waals surface area contributed by atoms with Crippen molar-refractivity contribution in [2.24, 2.45) is 0 Å². The second-order valence-electron chi connectivity index (χ2n) is 5.52. The van der Waals surface area contributed by atoms with Crippen molar-refractivity contribution in [3.8, 4) is 11.5 Å². The maximum atomic E-state index is 12.3. The zero-order valence-electron chi connectivity index (χ0n) is 14.1. The summed E-state index contributed by atoms with van der Waals surface area (Å²) in [5, 5.41) is 11.9. The van der Waals surface area contributed by atoms with Crippen molar-refractivity contribution >= 4 is 11.9 Å². The summed E-state index contributed by atoms with van der Waals surface area (Å²) in [5.41, 5.74) is 0.832. The van der Waals surface area contributed by atoms with Gasteiger partial charge in [0.2, 0.25) is 0 Å². The highest BCUT2D eigenvalue weighted by Gasteiger charge is 2.24. The van der Waals surface area contributed by atoms with Gasteiger partial charge in [0.05, 0.1) is 7.11 Å². The Kier molecular flexibility index (Phi) is 6.39. The first kappa shape index (κ1) is 18.3. The SMILES string of the molecule is COc1ccc(OC(C)C(=O)NC(Cc2ccccc2)C(=O)O)cc1. The predicted molar refractivity (Wildman–Crippen MR) is 92.8 cm³/mol. The molecule has 0 heterocycles. The van der Waals surface area contributed by atoms with Crippen LogP contribution in [0.4, 0.5) is 0 Å². The molecule has 6 heteroatoms. The molecule has 6 nitrogen and oxygen atoms in total. The van der Waals surface area contributed by atoms with Gasteiger partial charge in [-0.2, -0.15) is 0 Å². The van der Waals surface area contributed by atoms with Crippen LogP contribution < -0.4 is 14.8 Å². The Morgan fingerprint density at radius 3 is 2.20 bits per heavy atom. The zero-order chi connectivity index (χ0) is 18.2. The van der Waals surface area contributed by atoms with E-state index in [9.17, 15) is 14.7 Å². The fourth-order valence-corrected chi connectivity index (χ4v) is 2.25. The first-order valence-corrected chi connectivity index (χ1v) is 7.87. The number of carboxylic acids is 1. The molecule has 2 aromatic carbocycles. The molecule has 0 aliphatic heterocycles. The standard InChI is InChI=1S/C19H21NO5/c1-13(25-16-10-8-15(24-2)9-11-16)18(21)20-17(19(22)23)12-14-6-4-3-5-7-14/h3-11,13,17H,12H2,1-2H3,(H,20,21)(H,22,23). The summed E-state index contributed by atoms with van der Waals surface area (Å²) >= 11 is 0. The molecule has 0 aromatic heterocycles. The van der Waals surface area contributed by atoms with Gasteiger partial charge in [-0.3, -0.25) is 4.79 Å². The second-order valence-corrected chi connectivity index (χ2v) is 5.52. The van der Waals surface area contributed by atoms with E-state index in [0.717, 1.165) is 5.56 Å². The van der Waals surface area contributed by atoms with E-state index in [0.29, 0.717) is 11.5 Å². The molecule has 2 N–H and O–H groups in total. The van der Waals surface area contributed by atoms with Gasteiger partial charge in [0.15, 0.2) is 6.10 Å². The monoisotopic (exact) mass is 343 g/mol. The van der Waals surface area contributed by atoms with Crippen LogP contribution in [0, 0.1) is 0 Å². The summed E-state index contributed by atoms with van der Waals surface area (Å²) in [6.07, 6.45) is -0.622. The molecule has 1 amide bonds. The minimum atomic E-state index is -1.09. The lowest BCUT2D eigenvalue weighted by Gasteiger charge is -2.19. The number of nitrogens with one attached hydrogen (secondary N) is 1. The highest BCUT2D eigenvalue weighted by molar-refractivity contribution is 5.86. The molecule has 0 saturated heterocycles. The van der Waals surface area contributed by atoms with Crippen LogP contribution in [0.5, 0.6) is 11.5 Å². The van der Waals surface area contributed by atoms with Gasteiger partial charge in [0, 0.05) is 6.42 Å². The number of benzene rings is 2. The number of ether oxygens (including phenoxy) is 2. The number of rotatable bonds is 8. The average Bonchev–Trinajstić information content (AvgIpc) is 2.62. The van der Waals surface area contributed by atoms with E-state index >= 15 is 0 Å². The van der Waals surface area contributed by atoms with Gasteiger partial charge in [-0.05, 0) is 36.8 Å². The average molecular weight is 343 g/mol. The van der Waals surface area contributed by atoms with Crippen LogP contribution in [0.2, 0.25) is 0 Å². The van der Waals surface area contributed by atoms with E-state index < -0.39 is 24.0 Å². The molecule has 2 unspecified atom stereocenters. The summed E-state index contributed by atoms with van der Waals surface area (Å²) in [6.45, 7) is 1.57. The Labute approximate surface area is 146 Å². The minimum Gasteiger partial charge on any atom is -0.497 e. The molecule has 2 rings (SSSR count). The largest absolute Gasteiger partial charge is 0.497 e. The molecule has 0 radical (unpaired) electrons. The van der Waals surface area contributed by atoms with Gasteiger partial charge >= 0.3 is 5.97 Å². The number of hydrogen-bond donors (Lipinski definition) is 2. The molecule has 0 aliphatic carbocycles. The van der Waals surface area contributed by atoms with E-state index in [1.54, 1.807) is 38.3 Å². The van der Waals surface area contributed by atoms with Crippen LogP contribution in [-0.2, 0) is 16.0 Å². The van der Waals surface area contributed by atoms with Crippen molar-refractivity contribution in [1.82, 2.24) is 5.32 Å². The Bertz CT molecular complexity index is 700. The Morgan fingerprint density at radius 1 is 1.04 bits per heavy atom. The van der Waals surface area contributed by atoms with Crippen LogP contribution in [0.25, 0.3) is 0 Å². The number of carbonyl (C=O) groups excluding carboxylic acids is 1. The van der Waals surface area contributed by atoms with Crippen LogP contribution in [0.1, 0.15) is 12.5 Å². The van der Waals surface area contributed by atoms with E-state index in [-0.39, 0.29) is 6.42 Å². The van der Waals surface area contributed by atoms with E-state index in [1.807, 2.05) is 30.3 Å². The van der Waals surface area contributed by atoms with Crippen molar-refractivity contribution in [2.75, 3.05) is 7.11 Å². The molecule has 2 atom stereocenters. The van der Waals surface area contributed by atoms with Gasteiger partial charge in [0.25, 0.3) is 5.91 Å². The number of carbonyl (C=O) groups is 2. The molecule has 2 aromatic rings.